The summed E-state index contributed by atoms with van der Waals surface area (Å²) in [5.41, 5.74) is -2.96. The van der Waals surface area contributed by atoms with Crippen molar-refractivity contribution in [1.82, 2.24) is 5.32 Å². The summed E-state index contributed by atoms with van der Waals surface area (Å²) in [7, 11) is 0. The molecule has 0 aliphatic carbocycles. The standard InChI is InChI=1S/C11H19NO6/c1-6-17-8(15)11(5,7(13)14)12-9(16)18-10(2,3)4/h6H2,1-5H3,(H,12,16)(H,13,14). The van der Waals surface area contributed by atoms with E-state index in [0.717, 1.165) is 6.92 Å². The number of amides is 1. The normalized spacial score (nSPS) is 14.3. The summed E-state index contributed by atoms with van der Waals surface area (Å²) in [6, 6.07) is 0. The number of carboxylic acid groups (broad SMARTS) is 1. The molecule has 7 nitrogen and oxygen atoms in total. The number of rotatable bonds is 4. The Kier molecular flexibility index (Phi) is 5.13. The highest BCUT2D eigenvalue weighted by Gasteiger charge is 2.45. The van der Waals surface area contributed by atoms with E-state index in [0.29, 0.717) is 0 Å². The molecule has 0 aromatic carbocycles. The Hall–Kier alpha value is -1.79. The number of hydrogen-bond acceptors (Lipinski definition) is 5. The molecular weight excluding hydrogens is 242 g/mol. The van der Waals surface area contributed by atoms with Crippen LogP contribution in [0.25, 0.3) is 0 Å². The summed E-state index contributed by atoms with van der Waals surface area (Å²) in [6.45, 7) is 7.45. The molecule has 0 saturated heterocycles. The molecule has 0 spiro atoms. The van der Waals surface area contributed by atoms with Crippen LogP contribution >= 0.6 is 0 Å². The van der Waals surface area contributed by atoms with Crippen LogP contribution in [0.1, 0.15) is 34.6 Å². The van der Waals surface area contributed by atoms with Crippen molar-refractivity contribution in [1.29, 1.82) is 0 Å². The fourth-order valence-corrected chi connectivity index (χ4v) is 0.975. The van der Waals surface area contributed by atoms with E-state index in [2.05, 4.69) is 4.74 Å². The molecule has 1 atom stereocenters. The van der Waals surface area contributed by atoms with E-state index in [-0.39, 0.29) is 6.61 Å². The van der Waals surface area contributed by atoms with Gasteiger partial charge in [-0.05, 0) is 34.6 Å². The molecule has 7 heteroatoms. The van der Waals surface area contributed by atoms with Gasteiger partial charge < -0.3 is 14.6 Å². The highest BCUT2D eigenvalue weighted by Crippen LogP contribution is 2.11. The summed E-state index contributed by atoms with van der Waals surface area (Å²) in [6.07, 6.45) is -1.000. The quantitative estimate of drug-likeness (QED) is 0.576. The maximum absolute atomic E-state index is 11.5. The van der Waals surface area contributed by atoms with Crippen molar-refractivity contribution in [2.45, 2.75) is 45.8 Å². The van der Waals surface area contributed by atoms with Crippen molar-refractivity contribution in [2.75, 3.05) is 6.61 Å². The first kappa shape index (κ1) is 16.2. The minimum absolute atomic E-state index is 0.0116. The van der Waals surface area contributed by atoms with Gasteiger partial charge in [0.05, 0.1) is 6.61 Å². The second-order valence-corrected chi connectivity index (χ2v) is 4.78. The number of carbonyl (C=O) groups is 3. The van der Waals surface area contributed by atoms with Crippen LogP contribution in [0.3, 0.4) is 0 Å². The molecule has 104 valence electrons. The highest BCUT2D eigenvalue weighted by atomic mass is 16.6. The third kappa shape index (κ3) is 4.60. The lowest BCUT2D eigenvalue weighted by Gasteiger charge is -2.26. The third-order valence-electron chi connectivity index (χ3n) is 1.86. The second kappa shape index (κ2) is 5.70. The van der Waals surface area contributed by atoms with Crippen LogP contribution in [0, 0.1) is 0 Å². The minimum atomic E-state index is -2.17. The topological polar surface area (TPSA) is 102 Å². The van der Waals surface area contributed by atoms with Crippen LogP contribution in [0.5, 0.6) is 0 Å². The van der Waals surface area contributed by atoms with E-state index in [1.807, 2.05) is 5.32 Å². The number of carbonyl (C=O) groups excluding carboxylic acids is 2. The van der Waals surface area contributed by atoms with E-state index >= 15 is 0 Å². The SMILES string of the molecule is CCOC(=O)C(C)(NC(=O)OC(C)(C)C)C(=O)O. The molecule has 1 amide bonds. The Morgan fingerprint density at radius 3 is 2.00 bits per heavy atom. The summed E-state index contributed by atoms with van der Waals surface area (Å²) in [4.78, 5) is 34.1. The zero-order chi connectivity index (χ0) is 14.6. The van der Waals surface area contributed by atoms with Crippen molar-refractivity contribution >= 4 is 18.0 Å². The molecule has 0 aliphatic rings. The van der Waals surface area contributed by atoms with Gasteiger partial charge in [-0.2, -0.15) is 0 Å². The molecule has 0 aliphatic heterocycles. The smallest absolute Gasteiger partial charge is 0.409 e. The van der Waals surface area contributed by atoms with E-state index in [9.17, 15) is 14.4 Å². The van der Waals surface area contributed by atoms with Crippen molar-refractivity contribution < 1.29 is 29.0 Å². The zero-order valence-electron chi connectivity index (χ0n) is 11.2. The summed E-state index contributed by atoms with van der Waals surface area (Å²) in [5, 5.41) is 11.0. The van der Waals surface area contributed by atoms with Gasteiger partial charge in [-0.1, -0.05) is 0 Å². The van der Waals surface area contributed by atoms with Crippen LogP contribution in [0.15, 0.2) is 0 Å². The predicted octanol–water partition coefficient (Wildman–Crippen LogP) is 0.918. The molecule has 1 unspecified atom stereocenters. The molecule has 0 heterocycles. The number of ether oxygens (including phenoxy) is 2. The molecule has 0 aromatic rings. The molecule has 0 saturated carbocycles. The van der Waals surface area contributed by atoms with Crippen LogP contribution < -0.4 is 5.32 Å². The Morgan fingerprint density at radius 1 is 1.17 bits per heavy atom. The fraction of sp³-hybridized carbons (Fsp3) is 0.727. The monoisotopic (exact) mass is 261 g/mol. The molecule has 0 bridgehead atoms. The van der Waals surface area contributed by atoms with Gasteiger partial charge in [-0.25, -0.2) is 14.4 Å². The summed E-state index contributed by atoms with van der Waals surface area (Å²) >= 11 is 0. The van der Waals surface area contributed by atoms with Gasteiger partial charge in [0.25, 0.3) is 0 Å². The lowest BCUT2D eigenvalue weighted by atomic mass is 10.0. The first-order valence-electron chi connectivity index (χ1n) is 5.44. The van der Waals surface area contributed by atoms with E-state index in [1.165, 1.54) is 6.92 Å². The average Bonchev–Trinajstić information content (AvgIpc) is 2.14. The molecule has 0 rings (SSSR count). The van der Waals surface area contributed by atoms with Gasteiger partial charge in [0.2, 0.25) is 5.54 Å². The molecular formula is C11H19NO6. The molecule has 18 heavy (non-hydrogen) atoms. The van der Waals surface area contributed by atoms with Crippen molar-refractivity contribution in [3.63, 3.8) is 0 Å². The molecule has 0 radical (unpaired) electrons. The lowest BCUT2D eigenvalue weighted by Crippen LogP contribution is -2.59. The largest absolute Gasteiger partial charge is 0.479 e. The molecule has 0 aromatic heterocycles. The van der Waals surface area contributed by atoms with Gasteiger partial charge in [0, 0.05) is 0 Å². The first-order chi connectivity index (χ1) is 8.03. The van der Waals surface area contributed by atoms with Crippen LogP contribution in [0.2, 0.25) is 0 Å². The van der Waals surface area contributed by atoms with E-state index < -0.39 is 29.2 Å². The highest BCUT2D eigenvalue weighted by molar-refractivity contribution is 6.06. The number of carboxylic acids is 1. The Bertz CT molecular complexity index is 346. The van der Waals surface area contributed by atoms with Crippen molar-refractivity contribution in [3.05, 3.63) is 0 Å². The Labute approximate surface area is 105 Å². The maximum Gasteiger partial charge on any atom is 0.409 e. The van der Waals surface area contributed by atoms with Crippen LogP contribution in [-0.2, 0) is 19.1 Å². The lowest BCUT2D eigenvalue weighted by molar-refractivity contribution is -0.161. The maximum atomic E-state index is 11.5. The van der Waals surface area contributed by atoms with Crippen LogP contribution in [0.4, 0.5) is 4.79 Å². The number of nitrogens with one attached hydrogen (secondary N) is 1. The van der Waals surface area contributed by atoms with Gasteiger partial charge in [-0.15, -0.1) is 0 Å². The zero-order valence-corrected chi connectivity index (χ0v) is 11.2. The summed E-state index contributed by atoms with van der Waals surface area (Å²) < 4.78 is 9.50. The number of aliphatic carboxylic acids is 1. The van der Waals surface area contributed by atoms with E-state index in [1.54, 1.807) is 20.8 Å². The van der Waals surface area contributed by atoms with Gasteiger partial charge in [0.1, 0.15) is 5.60 Å². The average molecular weight is 261 g/mol. The number of hydrogen-bond donors (Lipinski definition) is 2. The predicted molar refractivity (Wildman–Crippen MR) is 62.0 cm³/mol. The summed E-state index contributed by atoms with van der Waals surface area (Å²) in [5.74, 6) is -2.57. The Morgan fingerprint density at radius 2 is 1.67 bits per heavy atom. The fourth-order valence-electron chi connectivity index (χ4n) is 0.975. The second-order valence-electron chi connectivity index (χ2n) is 4.78. The van der Waals surface area contributed by atoms with Crippen molar-refractivity contribution in [3.8, 4) is 0 Å². The van der Waals surface area contributed by atoms with Gasteiger partial charge in [-0.3, -0.25) is 5.32 Å². The number of alkyl carbamates (subject to hydrolysis) is 1. The van der Waals surface area contributed by atoms with Crippen molar-refractivity contribution in [2.24, 2.45) is 0 Å². The van der Waals surface area contributed by atoms with Gasteiger partial charge >= 0.3 is 18.0 Å². The minimum Gasteiger partial charge on any atom is -0.479 e. The first-order valence-corrected chi connectivity index (χ1v) is 5.44. The number of esters is 1. The van der Waals surface area contributed by atoms with Crippen LogP contribution in [-0.4, -0.2) is 40.9 Å². The Balaban J connectivity index is 4.88. The van der Waals surface area contributed by atoms with E-state index in [4.69, 9.17) is 9.84 Å². The third-order valence-corrected chi connectivity index (χ3v) is 1.86. The molecule has 0 fully saturated rings. The molecule has 2 N–H and O–H groups in total. The van der Waals surface area contributed by atoms with Gasteiger partial charge in [0.15, 0.2) is 0 Å².